The largest absolute Gasteiger partial charge is 0.383 e. The molecule has 0 unspecified atom stereocenters. The van der Waals surface area contributed by atoms with Gasteiger partial charge in [-0.05, 0) is 6.92 Å². The van der Waals surface area contributed by atoms with Crippen molar-refractivity contribution in [2.45, 2.75) is 26.7 Å². The highest BCUT2D eigenvalue weighted by Crippen LogP contribution is 2.20. The van der Waals surface area contributed by atoms with Crippen LogP contribution in [0.15, 0.2) is 0 Å². The Balaban J connectivity index is 2.91. The van der Waals surface area contributed by atoms with E-state index in [4.69, 9.17) is 5.73 Å². The van der Waals surface area contributed by atoms with Crippen LogP contribution in [0.5, 0.6) is 0 Å². The van der Waals surface area contributed by atoms with Gasteiger partial charge in [-0.1, -0.05) is 13.8 Å². The Labute approximate surface area is 108 Å². The summed E-state index contributed by atoms with van der Waals surface area (Å²) >= 11 is 0. The zero-order valence-corrected chi connectivity index (χ0v) is 11.6. The van der Waals surface area contributed by atoms with Crippen molar-refractivity contribution < 1.29 is 4.79 Å². The lowest BCUT2D eigenvalue weighted by molar-refractivity contribution is -0.126. The van der Waals surface area contributed by atoms with Gasteiger partial charge in [0.1, 0.15) is 17.5 Å². The summed E-state index contributed by atoms with van der Waals surface area (Å²) in [6, 6.07) is 0. The number of amides is 1. The number of carbonyl (C=O) groups is 1. The van der Waals surface area contributed by atoms with Gasteiger partial charge >= 0.3 is 0 Å². The minimum absolute atomic E-state index is 0.0160. The number of rotatable bonds is 4. The topological polar surface area (TPSA) is 84.1 Å². The highest BCUT2D eigenvalue weighted by Gasteiger charge is 2.12. The highest BCUT2D eigenvalue weighted by molar-refractivity contribution is 5.80. The first-order chi connectivity index (χ1) is 8.32. The number of nitrogens with zero attached hydrogens (tertiary/aromatic N) is 3. The number of hydrogen-bond acceptors (Lipinski definition) is 5. The molecule has 0 fully saturated rings. The number of carbonyl (C=O) groups excluding carboxylic acids is 1. The molecule has 0 radical (unpaired) electrons. The van der Waals surface area contributed by atoms with E-state index in [1.165, 1.54) is 4.90 Å². The van der Waals surface area contributed by atoms with Gasteiger partial charge in [-0.25, -0.2) is 9.97 Å². The monoisotopic (exact) mass is 251 g/mol. The minimum Gasteiger partial charge on any atom is -0.383 e. The minimum atomic E-state index is -0.0160. The number of aromatic nitrogens is 2. The molecule has 18 heavy (non-hydrogen) atoms. The van der Waals surface area contributed by atoms with Crippen LogP contribution in [0.3, 0.4) is 0 Å². The fourth-order valence-corrected chi connectivity index (χ4v) is 1.30. The second-order valence-corrected chi connectivity index (χ2v) is 4.74. The molecule has 1 heterocycles. The Morgan fingerprint density at radius 2 is 2.00 bits per heavy atom. The molecule has 0 aliphatic heterocycles. The molecule has 1 aromatic rings. The third kappa shape index (κ3) is 3.32. The molecule has 1 aromatic heterocycles. The molecule has 100 valence electrons. The molecule has 0 bridgehead atoms. The fraction of sp³-hybridized carbons (Fsp3) is 0.583. The van der Waals surface area contributed by atoms with E-state index in [0.717, 1.165) is 5.56 Å². The van der Waals surface area contributed by atoms with Crippen LogP contribution in [0.1, 0.15) is 31.2 Å². The van der Waals surface area contributed by atoms with Crippen molar-refractivity contribution in [1.29, 1.82) is 0 Å². The van der Waals surface area contributed by atoms with Crippen LogP contribution >= 0.6 is 0 Å². The number of anilines is 2. The molecule has 1 amide bonds. The zero-order chi connectivity index (χ0) is 13.9. The van der Waals surface area contributed by atoms with Crippen LogP contribution in [-0.4, -0.2) is 41.4 Å². The van der Waals surface area contributed by atoms with Crippen molar-refractivity contribution in [2.75, 3.05) is 31.7 Å². The maximum atomic E-state index is 11.5. The van der Waals surface area contributed by atoms with Crippen molar-refractivity contribution in [1.82, 2.24) is 14.9 Å². The van der Waals surface area contributed by atoms with E-state index in [2.05, 4.69) is 15.3 Å². The molecule has 1 rings (SSSR count). The van der Waals surface area contributed by atoms with Gasteiger partial charge < -0.3 is 16.0 Å². The number of hydrogen-bond donors (Lipinski definition) is 2. The second-order valence-electron chi connectivity index (χ2n) is 4.74. The number of nitrogens with two attached hydrogens (primary N) is 1. The Morgan fingerprint density at radius 3 is 2.50 bits per heavy atom. The molecule has 0 aromatic carbocycles. The van der Waals surface area contributed by atoms with Crippen LogP contribution in [0.4, 0.5) is 11.6 Å². The van der Waals surface area contributed by atoms with Gasteiger partial charge in [-0.2, -0.15) is 0 Å². The van der Waals surface area contributed by atoms with Crippen LogP contribution < -0.4 is 11.1 Å². The van der Waals surface area contributed by atoms with Crippen molar-refractivity contribution in [3.63, 3.8) is 0 Å². The van der Waals surface area contributed by atoms with Crippen LogP contribution in [0.25, 0.3) is 0 Å². The summed E-state index contributed by atoms with van der Waals surface area (Å²) in [5.41, 5.74) is 6.61. The average Bonchev–Trinajstić information content (AvgIpc) is 2.29. The lowest BCUT2D eigenvalue weighted by atomic mass is 10.2. The van der Waals surface area contributed by atoms with E-state index < -0.39 is 0 Å². The van der Waals surface area contributed by atoms with Crippen molar-refractivity contribution >= 4 is 17.5 Å². The second kappa shape index (κ2) is 5.66. The summed E-state index contributed by atoms with van der Waals surface area (Å²) in [5.74, 6) is 1.93. The number of nitrogens with one attached hydrogen (secondary N) is 1. The first-order valence-corrected chi connectivity index (χ1v) is 5.91. The Bertz CT molecular complexity index is 442. The summed E-state index contributed by atoms with van der Waals surface area (Å²) in [6.07, 6.45) is 0. The number of nitrogen functional groups attached to an aromatic ring is 1. The van der Waals surface area contributed by atoms with Gasteiger partial charge in [0.15, 0.2) is 0 Å². The molecule has 0 aliphatic carbocycles. The molecule has 0 spiro atoms. The van der Waals surface area contributed by atoms with Crippen LogP contribution in [0.2, 0.25) is 0 Å². The smallest absolute Gasteiger partial charge is 0.241 e. The lowest BCUT2D eigenvalue weighted by Crippen LogP contribution is -2.29. The van der Waals surface area contributed by atoms with E-state index >= 15 is 0 Å². The maximum absolute atomic E-state index is 11.5. The quantitative estimate of drug-likeness (QED) is 0.833. The summed E-state index contributed by atoms with van der Waals surface area (Å²) in [4.78, 5) is 21.7. The van der Waals surface area contributed by atoms with Gasteiger partial charge in [0.05, 0.1) is 6.54 Å². The summed E-state index contributed by atoms with van der Waals surface area (Å²) in [7, 11) is 3.43. The third-order valence-corrected chi connectivity index (χ3v) is 2.62. The van der Waals surface area contributed by atoms with E-state index in [9.17, 15) is 4.79 Å². The van der Waals surface area contributed by atoms with Crippen molar-refractivity contribution in [2.24, 2.45) is 0 Å². The Kier molecular flexibility index (Phi) is 4.47. The highest BCUT2D eigenvalue weighted by atomic mass is 16.2. The maximum Gasteiger partial charge on any atom is 0.241 e. The molecular weight excluding hydrogens is 230 g/mol. The predicted octanol–water partition coefficient (Wildman–Crippen LogP) is 0.991. The first kappa shape index (κ1) is 14.2. The molecule has 0 saturated heterocycles. The van der Waals surface area contributed by atoms with E-state index in [1.54, 1.807) is 14.1 Å². The molecule has 6 nitrogen and oxygen atoms in total. The van der Waals surface area contributed by atoms with Gasteiger partial charge in [0.25, 0.3) is 0 Å². The molecule has 0 atom stereocenters. The van der Waals surface area contributed by atoms with E-state index in [-0.39, 0.29) is 18.4 Å². The van der Waals surface area contributed by atoms with E-state index in [0.29, 0.717) is 17.5 Å². The third-order valence-electron chi connectivity index (χ3n) is 2.62. The Hall–Kier alpha value is -1.85. The zero-order valence-electron chi connectivity index (χ0n) is 11.6. The molecular formula is C12H21N5O. The van der Waals surface area contributed by atoms with Gasteiger partial charge in [0.2, 0.25) is 5.91 Å². The summed E-state index contributed by atoms with van der Waals surface area (Å²) in [5, 5.41) is 3.01. The van der Waals surface area contributed by atoms with Gasteiger partial charge in [-0.3, -0.25) is 4.79 Å². The number of likely N-dealkylation sites (N-methyl/N-ethyl adjacent to an activating group) is 1. The standard InChI is InChI=1S/C12H21N5O/c1-7(2)11-15-10(13)8(3)12(16-11)14-6-9(18)17(4)5/h7H,6H2,1-5H3,(H3,13,14,15,16). The fourth-order valence-electron chi connectivity index (χ4n) is 1.30. The van der Waals surface area contributed by atoms with Crippen LogP contribution in [-0.2, 0) is 4.79 Å². The predicted molar refractivity (Wildman–Crippen MR) is 72.5 cm³/mol. The van der Waals surface area contributed by atoms with Crippen molar-refractivity contribution in [3.05, 3.63) is 11.4 Å². The van der Waals surface area contributed by atoms with Gasteiger partial charge in [-0.15, -0.1) is 0 Å². The molecule has 0 aliphatic rings. The first-order valence-electron chi connectivity index (χ1n) is 5.91. The summed E-state index contributed by atoms with van der Waals surface area (Å²) in [6.45, 7) is 6.03. The normalized spacial score (nSPS) is 10.6. The van der Waals surface area contributed by atoms with Crippen molar-refractivity contribution in [3.8, 4) is 0 Å². The van der Waals surface area contributed by atoms with E-state index in [1.807, 2.05) is 20.8 Å². The Morgan fingerprint density at radius 1 is 1.39 bits per heavy atom. The summed E-state index contributed by atoms with van der Waals surface area (Å²) < 4.78 is 0. The van der Waals surface area contributed by atoms with Gasteiger partial charge in [0, 0.05) is 25.6 Å². The molecule has 6 heteroatoms. The van der Waals surface area contributed by atoms with Crippen LogP contribution in [0, 0.1) is 6.92 Å². The molecule has 3 N–H and O–H groups in total. The SMILES string of the molecule is Cc1c(N)nc(C(C)C)nc1NCC(=O)N(C)C. The average molecular weight is 251 g/mol. The lowest BCUT2D eigenvalue weighted by Gasteiger charge is -2.15. The molecule has 0 saturated carbocycles.